The number of ether oxygens (including phenoxy) is 1. The summed E-state index contributed by atoms with van der Waals surface area (Å²) < 4.78 is 4.90. The third-order valence-corrected chi connectivity index (χ3v) is 1.02. The summed E-state index contributed by atoms with van der Waals surface area (Å²) >= 11 is 0. The van der Waals surface area contributed by atoms with Crippen LogP contribution in [0.15, 0.2) is 24.6 Å². The minimum atomic E-state index is -0.299. The summed E-state index contributed by atoms with van der Waals surface area (Å²) in [6, 6.07) is -0.299. The molecule has 0 saturated heterocycles. The lowest BCUT2D eigenvalue weighted by molar-refractivity contribution is 0.264. The lowest BCUT2D eigenvalue weighted by Gasteiger charge is -2.05. The van der Waals surface area contributed by atoms with Crippen molar-refractivity contribution in [2.75, 3.05) is 6.61 Å². The Labute approximate surface area is 61.3 Å². The molecule has 0 heterocycles. The summed E-state index contributed by atoms with van der Waals surface area (Å²) in [5.74, 6) is 0. The second-order valence-electron chi connectivity index (χ2n) is 1.83. The Kier molecular flexibility index (Phi) is 4.41. The average Bonchev–Trinajstić information content (AvgIpc) is 1.98. The van der Waals surface area contributed by atoms with Crippen molar-refractivity contribution in [3.05, 3.63) is 24.6 Å². The Morgan fingerprint density at radius 2 is 2.40 bits per heavy atom. The highest BCUT2D eigenvalue weighted by Gasteiger charge is 1.97. The molecule has 1 atom stereocenters. The average molecular weight is 142 g/mol. The van der Waals surface area contributed by atoms with Crippen molar-refractivity contribution in [1.82, 2.24) is 0 Å². The van der Waals surface area contributed by atoms with Crippen molar-refractivity contribution >= 4 is 0 Å². The highest BCUT2D eigenvalue weighted by molar-refractivity contribution is 5.09. The first-order valence-corrected chi connectivity index (χ1v) is 3.17. The van der Waals surface area contributed by atoms with Gasteiger partial charge >= 0.3 is 0 Å². The van der Waals surface area contributed by atoms with Crippen molar-refractivity contribution in [3.63, 3.8) is 0 Å². The molecule has 0 aliphatic rings. The van der Waals surface area contributed by atoms with Gasteiger partial charge in [-0.2, -0.15) is 0 Å². The SMILES string of the molecule is C=CC(N)/C(N)=C\OCC. The largest absolute Gasteiger partial charge is 0.500 e. The summed E-state index contributed by atoms with van der Waals surface area (Å²) in [5, 5.41) is 0. The minimum absolute atomic E-state index is 0.299. The van der Waals surface area contributed by atoms with E-state index < -0.39 is 0 Å². The van der Waals surface area contributed by atoms with Crippen molar-refractivity contribution in [1.29, 1.82) is 0 Å². The Morgan fingerprint density at radius 1 is 1.80 bits per heavy atom. The van der Waals surface area contributed by atoms with Crippen LogP contribution < -0.4 is 11.5 Å². The van der Waals surface area contributed by atoms with Gasteiger partial charge in [-0.15, -0.1) is 6.58 Å². The molecule has 0 fully saturated rings. The second-order valence-corrected chi connectivity index (χ2v) is 1.83. The van der Waals surface area contributed by atoms with Gasteiger partial charge in [-0.1, -0.05) is 6.08 Å². The predicted molar refractivity (Wildman–Crippen MR) is 42.1 cm³/mol. The van der Waals surface area contributed by atoms with Crippen LogP contribution in [-0.2, 0) is 4.74 Å². The van der Waals surface area contributed by atoms with Gasteiger partial charge in [0.05, 0.1) is 18.3 Å². The van der Waals surface area contributed by atoms with Gasteiger partial charge in [0.15, 0.2) is 0 Å². The number of hydrogen-bond acceptors (Lipinski definition) is 3. The van der Waals surface area contributed by atoms with Gasteiger partial charge in [0.25, 0.3) is 0 Å². The van der Waals surface area contributed by atoms with E-state index in [9.17, 15) is 0 Å². The maximum absolute atomic E-state index is 5.47. The van der Waals surface area contributed by atoms with Gasteiger partial charge in [0, 0.05) is 0 Å². The van der Waals surface area contributed by atoms with Gasteiger partial charge in [0.2, 0.25) is 0 Å². The fraction of sp³-hybridized carbons (Fsp3) is 0.429. The van der Waals surface area contributed by atoms with E-state index >= 15 is 0 Å². The fourth-order valence-electron chi connectivity index (χ4n) is 0.394. The van der Waals surface area contributed by atoms with Crippen LogP contribution in [0, 0.1) is 0 Å². The summed E-state index contributed by atoms with van der Waals surface area (Å²) in [4.78, 5) is 0. The molecule has 4 N–H and O–H groups in total. The zero-order chi connectivity index (χ0) is 7.98. The standard InChI is InChI=1S/C7H14N2O/c1-3-6(8)7(9)5-10-4-2/h3,5-6H,1,4,8-9H2,2H3/b7-5+. The van der Waals surface area contributed by atoms with E-state index in [-0.39, 0.29) is 6.04 Å². The number of nitrogens with two attached hydrogens (primary N) is 2. The topological polar surface area (TPSA) is 61.3 Å². The third kappa shape index (κ3) is 3.14. The van der Waals surface area contributed by atoms with E-state index in [0.717, 1.165) is 0 Å². The Hall–Kier alpha value is -0.960. The second kappa shape index (κ2) is 4.88. The van der Waals surface area contributed by atoms with Gasteiger partial charge in [0.1, 0.15) is 6.26 Å². The lowest BCUT2D eigenvalue weighted by Crippen LogP contribution is -2.24. The lowest BCUT2D eigenvalue weighted by atomic mass is 10.2. The molecular weight excluding hydrogens is 128 g/mol. The molecule has 0 radical (unpaired) electrons. The monoisotopic (exact) mass is 142 g/mol. The van der Waals surface area contributed by atoms with E-state index in [2.05, 4.69) is 6.58 Å². The maximum Gasteiger partial charge on any atom is 0.104 e. The molecule has 1 unspecified atom stereocenters. The van der Waals surface area contributed by atoms with E-state index in [4.69, 9.17) is 16.2 Å². The summed E-state index contributed by atoms with van der Waals surface area (Å²) in [6.07, 6.45) is 3.01. The van der Waals surface area contributed by atoms with Crippen LogP contribution in [0.2, 0.25) is 0 Å². The van der Waals surface area contributed by atoms with Crippen molar-refractivity contribution < 1.29 is 4.74 Å². The molecule has 0 aromatic heterocycles. The molecule has 10 heavy (non-hydrogen) atoms. The van der Waals surface area contributed by atoms with E-state index in [1.165, 1.54) is 6.26 Å². The molecule has 0 aliphatic carbocycles. The van der Waals surface area contributed by atoms with Gasteiger partial charge in [-0.25, -0.2) is 0 Å². The highest BCUT2D eigenvalue weighted by Crippen LogP contribution is 1.91. The van der Waals surface area contributed by atoms with Crippen LogP contribution in [-0.4, -0.2) is 12.6 Å². The first-order valence-electron chi connectivity index (χ1n) is 3.17. The molecule has 0 amide bonds. The molecule has 3 nitrogen and oxygen atoms in total. The van der Waals surface area contributed by atoms with Crippen LogP contribution in [0.5, 0.6) is 0 Å². The van der Waals surface area contributed by atoms with Gasteiger partial charge in [-0.05, 0) is 6.92 Å². The zero-order valence-electron chi connectivity index (χ0n) is 6.21. The van der Waals surface area contributed by atoms with Gasteiger partial charge in [-0.3, -0.25) is 0 Å². The molecule has 3 heteroatoms. The van der Waals surface area contributed by atoms with Gasteiger partial charge < -0.3 is 16.2 Å². The van der Waals surface area contributed by atoms with E-state index in [1.807, 2.05) is 6.92 Å². The van der Waals surface area contributed by atoms with Crippen LogP contribution in [0.1, 0.15) is 6.92 Å². The van der Waals surface area contributed by atoms with Crippen LogP contribution in [0.25, 0.3) is 0 Å². The first kappa shape index (κ1) is 9.04. The number of rotatable bonds is 4. The van der Waals surface area contributed by atoms with Crippen LogP contribution >= 0.6 is 0 Å². The molecule has 0 spiro atoms. The zero-order valence-corrected chi connectivity index (χ0v) is 6.21. The molecule has 58 valence electrons. The third-order valence-electron chi connectivity index (χ3n) is 1.02. The molecule has 0 aromatic carbocycles. The Morgan fingerprint density at radius 3 is 2.80 bits per heavy atom. The summed E-state index contributed by atoms with van der Waals surface area (Å²) in [7, 11) is 0. The maximum atomic E-state index is 5.47. The van der Waals surface area contributed by atoms with Crippen LogP contribution in [0.4, 0.5) is 0 Å². The molecule has 0 bridgehead atoms. The van der Waals surface area contributed by atoms with Crippen LogP contribution in [0.3, 0.4) is 0 Å². The normalized spacial score (nSPS) is 14.4. The molecule has 0 saturated carbocycles. The fourth-order valence-corrected chi connectivity index (χ4v) is 0.394. The Bertz CT molecular complexity index is 132. The van der Waals surface area contributed by atoms with Crippen molar-refractivity contribution in [2.24, 2.45) is 11.5 Å². The minimum Gasteiger partial charge on any atom is -0.500 e. The summed E-state index contributed by atoms with van der Waals surface area (Å²) in [6.45, 7) is 5.97. The summed E-state index contributed by atoms with van der Waals surface area (Å²) in [5.41, 5.74) is 11.4. The quantitative estimate of drug-likeness (QED) is 0.439. The highest BCUT2D eigenvalue weighted by atomic mass is 16.5. The molecule has 0 aromatic rings. The molecular formula is C7H14N2O. The Balaban J connectivity index is 3.78. The predicted octanol–water partition coefficient (Wildman–Crippen LogP) is 0.336. The molecule has 0 aliphatic heterocycles. The van der Waals surface area contributed by atoms with Crippen molar-refractivity contribution in [3.8, 4) is 0 Å². The smallest absolute Gasteiger partial charge is 0.104 e. The van der Waals surface area contributed by atoms with E-state index in [1.54, 1.807) is 6.08 Å². The van der Waals surface area contributed by atoms with Crippen molar-refractivity contribution in [2.45, 2.75) is 13.0 Å². The molecule has 0 rings (SSSR count). The van der Waals surface area contributed by atoms with E-state index in [0.29, 0.717) is 12.3 Å². The first-order chi connectivity index (χ1) is 4.72. The number of hydrogen-bond donors (Lipinski definition) is 2.